The predicted octanol–water partition coefficient (Wildman–Crippen LogP) is 10.8. The Bertz CT molecular complexity index is 5110. The molecule has 9 heterocycles. The number of aromatic nitrogens is 4. The van der Waals surface area contributed by atoms with Gasteiger partial charge in [0.25, 0.3) is 34.4 Å². The standard InChI is InChI=1S/C26H21ClN4O3.C26H22FN5O3.C22H22N4O2S/c27-19-8-9-22-20(15-19)24(21(16-28)25(32)31(22)17-18-5-2-1-3-6-18)29-10-12-30(13-11-29)26(33)23-7-4-14-34-23;1-17-14-22(29-35-17)26(34)31-12-10-30(11-13-31)24-20-4-2-3-5-23(20)32(25(33)21(24)15-28)16-18-6-8-19(27)9-7-18;1-2-9-26-18-7-4-3-6-16(18)20(17(15-23)21(26)27)24-10-12-25(13-11-24)22(28)19-8-5-14-29-19/h1-9,14-15H,10-13,17H2;2-9,14H,10-13,16H2,1H3;3-8,14H,2,9-13H2,1H3. The summed E-state index contributed by atoms with van der Waals surface area (Å²) in [6.07, 6.45) is 2.29. The number of hydrogen-bond donors (Lipinski definition) is 0. The lowest BCUT2D eigenvalue weighted by Gasteiger charge is -2.37. The molecule has 6 aromatic heterocycles. The molecule has 0 N–H and O–H groups in total. The maximum Gasteiger partial charge on any atom is 0.289 e. The van der Waals surface area contributed by atoms with Crippen LogP contribution in [0.15, 0.2) is 187 Å². The molecule has 3 aliphatic heterocycles. The minimum atomic E-state index is -0.401. The quantitative estimate of drug-likeness (QED) is 0.110. The van der Waals surface area contributed by atoms with Gasteiger partial charge >= 0.3 is 0 Å². The Morgan fingerprint density at radius 1 is 0.531 bits per heavy atom. The molecule has 0 bridgehead atoms. The molecule has 14 rings (SSSR count). The number of carbonyl (C=O) groups is 3. The molecule has 3 amide bonds. The van der Waals surface area contributed by atoms with Crippen molar-refractivity contribution >= 4 is 90.4 Å². The number of para-hydroxylation sites is 2. The maximum absolute atomic E-state index is 13.5. The Morgan fingerprint density at radius 2 is 1.01 bits per heavy atom. The molecule has 0 unspecified atom stereocenters. The van der Waals surface area contributed by atoms with Gasteiger partial charge in [-0.1, -0.05) is 109 Å². The number of nitrogens with zero attached hydrogens (tertiary/aromatic N) is 13. The van der Waals surface area contributed by atoms with Gasteiger partial charge < -0.3 is 52.0 Å². The second kappa shape index (κ2) is 29.6. The number of thiophene rings is 1. The van der Waals surface area contributed by atoms with E-state index in [4.69, 9.17) is 20.5 Å². The van der Waals surface area contributed by atoms with Gasteiger partial charge in [-0.2, -0.15) is 15.8 Å². The monoisotopic (exact) mass is 1350 g/mol. The summed E-state index contributed by atoms with van der Waals surface area (Å²) in [7, 11) is 0. The average Bonchev–Trinajstić information content (AvgIpc) is 1.15. The van der Waals surface area contributed by atoms with Crippen molar-refractivity contribution in [1.29, 1.82) is 15.8 Å². The molecule has 0 spiro atoms. The number of benzene rings is 5. The highest BCUT2D eigenvalue weighted by Gasteiger charge is 2.32. The first kappa shape index (κ1) is 66.4. The lowest BCUT2D eigenvalue weighted by atomic mass is 10.1. The molecule has 5 aromatic carbocycles. The number of halogens is 2. The zero-order chi connectivity index (χ0) is 68.6. The summed E-state index contributed by atoms with van der Waals surface area (Å²) in [6.45, 7) is 10.8. The molecule has 0 aliphatic carbocycles. The Balaban J connectivity index is 0.000000141. The van der Waals surface area contributed by atoms with Gasteiger partial charge in [0.15, 0.2) is 11.5 Å². The maximum atomic E-state index is 13.5. The molecule has 494 valence electrons. The van der Waals surface area contributed by atoms with E-state index in [1.54, 1.807) is 72.9 Å². The summed E-state index contributed by atoms with van der Waals surface area (Å²) in [5, 5.41) is 38.5. The summed E-state index contributed by atoms with van der Waals surface area (Å²) in [6, 6.07) is 51.3. The first-order valence-electron chi connectivity index (χ1n) is 32.0. The normalized spacial score (nSPS) is 13.9. The molecule has 0 atom stereocenters. The zero-order valence-electron chi connectivity index (χ0n) is 53.6. The topological polar surface area (TPSA) is 247 Å². The average molecular weight is 1350 g/mol. The number of nitriles is 3. The Hall–Kier alpha value is -11.6. The van der Waals surface area contributed by atoms with Crippen LogP contribution in [0.25, 0.3) is 32.7 Å². The van der Waals surface area contributed by atoms with Gasteiger partial charge in [0.05, 0.1) is 57.8 Å². The number of carbonyl (C=O) groups excluding carboxylic acids is 3. The number of amides is 3. The highest BCUT2D eigenvalue weighted by Crippen LogP contribution is 2.35. The fourth-order valence-electron chi connectivity index (χ4n) is 12.9. The number of aryl methyl sites for hydroxylation is 2. The first-order valence-corrected chi connectivity index (χ1v) is 33.2. The Kier molecular flexibility index (Phi) is 20.1. The van der Waals surface area contributed by atoms with Gasteiger partial charge in [0.1, 0.15) is 46.5 Å². The van der Waals surface area contributed by atoms with Crippen LogP contribution in [-0.4, -0.2) is 130 Å². The van der Waals surface area contributed by atoms with Crippen molar-refractivity contribution in [2.75, 3.05) is 93.2 Å². The largest absolute Gasteiger partial charge is 0.459 e. The van der Waals surface area contributed by atoms with Crippen molar-refractivity contribution in [3.05, 3.63) is 255 Å². The van der Waals surface area contributed by atoms with E-state index in [0.717, 1.165) is 44.1 Å². The van der Waals surface area contributed by atoms with Crippen LogP contribution in [0, 0.1) is 46.7 Å². The number of pyridine rings is 3. The van der Waals surface area contributed by atoms with Gasteiger partial charge in [-0.15, -0.1) is 11.3 Å². The zero-order valence-corrected chi connectivity index (χ0v) is 55.2. The highest BCUT2D eigenvalue weighted by atomic mass is 35.5. The van der Waals surface area contributed by atoms with E-state index < -0.39 is 5.56 Å². The third-order valence-corrected chi connectivity index (χ3v) is 18.8. The van der Waals surface area contributed by atoms with Crippen LogP contribution in [0.2, 0.25) is 5.02 Å². The van der Waals surface area contributed by atoms with Crippen LogP contribution in [0.5, 0.6) is 0 Å². The number of fused-ring (bicyclic) bond motifs is 3. The summed E-state index contributed by atoms with van der Waals surface area (Å²) in [5.41, 5.74) is 5.42. The molecule has 0 radical (unpaired) electrons. The Labute approximate surface area is 570 Å². The van der Waals surface area contributed by atoms with Crippen LogP contribution < -0.4 is 31.4 Å². The molecule has 24 heteroatoms. The fourth-order valence-corrected chi connectivity index (χ4v) is 13.8. The van der Waals surface area contributed by atoms with Gasteiger partial charge in [-0.25, -0.2) is 4.39 Å². The van der Waals surface area contributed by atoms with Crippen LogP contribution >= 0.6 is 22.9 Å². The van der Waals surface area contributed by atoms with Crippen molar-refractivity contribution in [2.45, 2.75) is 39.9 Å². The van der Waals surface area contributed by atoms with Gasteiger partial charge in [-0.3, -0.25) is 28.8 Å². The van der Waals surface area contributed by atoms with Gasteiger partial charge in [0, 0.05) is 112 Å². The molecule has 21 nitrogen and oxygen atoms in total. The number of furan rings is 1. The lowest BCUT2D eigenvalue weighted by Crippen LogP contribution is -2.49. The van der Waals surface area contributed by atoms with Crippen molar-refractivity contribution in [3.63, 3.8) is 0 Å². The molecule has 3 saturated heterocycles. The molecule has 3 fully saturated rings. The summed E-state index contributed by atoms with van der Waals surface area (Å²) in [5.74, 6) is 0.182. The lowest BCUT2D eigenvalue weighted by molar-refractivity contribution is 0.0712. The smallest absolute Gasteiger partial charge is 0.289 e. The number of anilines is 3. The van der Waals surface area contributed by atoms with Crippen LogP contribution in [0.3, 0.4) is 0 Å². The highest BCUT2D eigenvalue weighted by molar-refractivity contribution is 7.12. The van der Waals surface area contributed by atoms with E-state index >= 15 is 0 Å². The Morgan fingerprint density at radius 3 is 1.50 bits per heavy atom. The second-order valence-electron chi connectivity index (χ2n) is 23.7. The van der Waals surface area contributed by atoms with Crippen LogP contribution in [0.4, 0.5) is 21.5 Å². The number of rotatable bonds is 12. The first-order chi connectivity index (χ1) is 47.7. The summed E-state index contributed by atoms with van der Waals surface area (Å²) in [4.78, 5) is 90.1. The van der Waals surface area contributed by atoms with E-state index in [1.165, 1.54) is 29.7 Å². The summed E-state index contributed by atoms with van der Waals surface area (Å²) < 4.78 is 28.5. The van der Waals surface area contributed by atoms with Crippen molar-refractivity contribution in [1.82, 2.24) is 33.6 Å². The third kappa shape index (κ3) is 13.7. The van der Waals surface area contributed by atoms with Gasteiger partial charge in [0.2, 0.25) is 0 Å². The SMILES string of the molecule is CCCn1c(=O)c(C#N)c(N2CCN(C(=O)c3cccs3)CC2)c2ccccc21.Cc1cc(C(=O)N2CCN(c3c(C#N)c(=O)n(Cc4ccc(F)cc4)c4ccccc34)CC2)no1.N#Cc1c(N2CCN(C(=O)c3ccco3)CC2)c2cc(Cl)ccc2n(Cc2ccccc2)c1=O. The molecule has 0 saturated carbocycles. The fraction of sp³-hybridized carbons (Fsp3) is 0.243. The van der Waals surface area contributed by atoms with Crippen LogP contribution in [-0.2, 0) is 19.6 Å². The van der Waals surface area contributed by atoms with Gasteiger partial charge in [-0.05, 0) is 90.5 Å². The molecular formula is C74H65ClFN13O8S. The number of hydrogen-bond acceptors (Lipinski definition) is 16. The van der Waals surface area contributed by atoms with Crippen molar-refractivity contribution < 1.29 is 27.7 Å². The minimum absolute atomic E-state index is 0.0448. The van der Waals surface area contributed by atoms with Crippen molar-refractivity contribution in [3.8, 4) is 18.2 Å². The van der Waals surface area contributed by atoms with E-state index in [0.29, 0.717) is 136 Å². The molecule has 11 aromatic rings. The van der Waals surface area contributed by atoms with Crippen LogP contribution in [0.1, 0.15) is 77.6 Å². The van der Waals surface area contributed by atoms with E-state index in [9.17, 15) is 48.9 Å². The van der Waals surface area contributed by atoms with E-state index in [-0.39, 0.29) is 63.6 Å². The second-order valence-corrected chi connectivity index (χ2v) is 25.1. The third-order valence-electron chi connectivity index (χ3n) is 17.7. The molecule has 3 aliphatic rings. The minimum Gasteiger partial charge on any atom is -0.459 e. The predicted molar refractivity (Wildman–Crippen MR) is 374 cm³/mol. The van der Waals surface area contributed by atoms with E-state index in [1.807, 2.05) is 124 Å². The molecular weight excluding hydrogens is 1290 g/mol. The summed E-state index contributed by atoms with van der Waals surface area (Å²) >= 11 is 7.79. The molecule has 98 heavy (non-hydrogen) atoms. The number of piperazine rings is 3. The van der Waals surface area contributed by atoms with Crippen molar-refractivity contribution in [2.24, 2.45) is 0 Å². The van der Waals surface area contributed by atoms with E-state index in [2.05, 4.69) is 28.3 Å².